The van der Waals surface area contributed by atoms with E-state index in [1.165, 1.54) is 0 Å². The minimum absolute atomic E-state index is 0.0594. The molecule has 3 atom stereocenters. The lowest BCUT2D eigenvalue weighted by atomic mass is 9.93. The molecule has 1 amide bonds. The van der Waals surface area contributed by atoms with Crippen molar-refractivity contribution in [2.45, 2.75) is 51.7 Å². The third-order valence-corrected chi connectivity index (χ3v) is 3.93. The third kappa shape index (κ3) is 3.45. The van der Waals surface area contributed by atoms with Crippen molar-refractivity contribution in [1.29, 1.82) is 0 Å². The zero-order chi connectivity index (χ0) is 13.0. The summed E-state index contributed by atoms with van der Waals surface area (Å²) in [5.74, 6) is 1.03. The number of carbonyl (C=O) groups excluding carboxylic acids is 1. The molecule has 2 fully saturated rings. The number of hydrogen-bond acceptors (Lipinski definition) is 3. The van der Waals surface area contributed by atoms with Gasteiger partial charge in [-0.2, -0.15) is 0 Å². The van der Waals surface area contributed by atoms with Crippen molar-refractivity contribution < 1.29 is 14.3 Å². The van der Waals surface area contributed by atoms with Gasteiger partial charge in [-0.15, -0.1) is 0 Å². The number of amides is 1. The molecule has 0 aliphatic carbocycles. The van der Waals surface area contributed by atoms with Gasteiger partial charge in [0, 0.05) is 25.7 Å². The van der Waals surface area contributed by atoms with Gasteiger partial charge in [-0.05, 0) is 31.6 Å². The Labute approximate surface area is 109 Å². The summed E-state index contributed by atoms with van der Waals surface area (Å²) in [4.78, 5) is 12.0. The lowest BCUT2D eigenvalue weighted by Crippen LogP contribution is -2.42. The number of carbonyl (C=O) groups is 1. The summed E-state index contributed by atoms with van der Waals surface area (Å²) in [5.41, 5.74) is 0. The van der Waals surface area contributed by atoms with Crippen molar-refractivity contribution in [3.63, 3.8) is 0 Å². The molecule has 0 spiro atoms. The summed E-state index contributed by atoms with van der Waals surface area (Å²) in [6, 6.07) is 0. The van der Waals surface area contributed by atoms with Gasteiger partial charge >= 0.3 is 0 Å². The van der Waals surface area contributed by atoms with Crippen LogP contribution in [0.4, 0.5) is 0 Å². The molecule has 2 aliphatic rings. The van der Waals surface area contributed by atoms with Gasteiger partial charge in [-0.25, -0.2) is 0 Å². The fraction of sp³-hybridized carbons (Fsp3) is 0.929. The molecule has 4 nitrogen and oxygen atoms in total. The minimum Gasteiger partial charge on any atom is -0.378 e. The van der Waals surface area contributed by atoms with Crippen molar-refractivity contribution in [2.24, 2.45) is 11.8 Å². The third-order valence-electron chi connectivity index (χ3n) is 3.93. The summed E-state index contributed by atoms with van der Waals surface area (Å²) in [7, 11) is 0. The van der Waals surface area contributed by atoms with E-state index in [0.29, 0.717) is 11.8 Å². The fourth-order valence-electron chi connectivity index (χ4n) is 2.90. The SMILES string of the molecule is CC(C)[C@H]1OCC[C@@H]1CNC(=O)[C@H]1CCCCO1. The molecule has 2 rings (SSSR count). The molecular formula is C14H25NO3. The molecule has 2 saturated heterocycles. The van der Waals surface area contributed by atoms with E-state index in [-0.39, 0.29) is 18.1 Å². The Balaban J connectivity index is 1.74. The van der Waals surface area contributed by atoms with Crippen LogP contribution in [0.2, 0.25) is 0 Å². The van der Waals surface area contributed by atoms with Crippen LogP contribution in [0.5, 0.6) is 0 Å². The molecule has 4 heteroatoms. The molecule has 0 unspecified atom stereocenters. The monoisotopic (exact) mass is 255 g/mol. The molecule has 0 saturated carbocycles. The number of ether oxygens (including phenoxy) is 2. The number of rotatable bonds is 4. The summed E-state index contributed by atoms with van der Waals surface area (Å²) in [6.07, 6.45) is 4.15. The quantitative estimate of drug-likeness (QED) is 0.832. The highest BCUT2D eigenvalue weighted by molar-refractivity contribution is 5.80. The van der Waals surface area contributed by atoms with Crippen molar-refractivity contribution >= 4 is 5.91 Å². The summed E-state index contributed by atoms with van der Waals surface area (Å²) in [5, 5.41) is 3.04. The topological polar surface area (TPSA) is 47.6 Å². The average Bonchev–Trinajstić information content (AvgIpc) is 2.85. The summed E-state index contributed by atoms with van der Waals surface area (Å²) >= 11 is 0. The first kappa shape index (κ1) is 13.8. The van der Waals surface area contributed by atoms with Crippen LogP contribution in [0.15, 0.2) is 0 Å². The zero-order valence-corrected chi connectivity index (χ0v) is 11.5. The maximum Gasteiger partial charge on any atom is 0.249 e. The van der Waals surface area contributed by atoms with Crippen LogP contribution >= 0.6 is 0 Å². The van der Waals surface area contributed by atoms with E-state index in [1.54, 1.807) is 0 Å². The first-order valence-corrected chi connectivity index (χ1v) is 7.19. The first-order chi connectivity index (χ1) is 8.68. The molecule has 104 valence electrons. The Morgan fingerprint density at radius 1 is 1.22 bits per heavy atom. The molecular weight excluding hydrogens is 230 g/mol. The number of nitrogens with one attached hydrogen (secondary N) is 1. The van der Waals surface area contributed by atoms with Gasteiger partial charge in [0.25, 0.3) is 0 Å². The Hall–Kier alpha value is -0.610. The molecule has 18 heavy (non-hydrogen) atoms. The normalized spacial score (nSPS) is 32.7. The second kappa shape index (κ2) is 6.53. The fourth-order valence-corrected chi connectivity index (χ4v) is 2.90. The largest absolute Gasteiger partial charge is 0.378 e. The Morgan fingerprint density at radius 2 is 2.06 bits per heavy atom. The smallest absolute Gasteiger partial charge is 0.249 e. The van der Waals surface area contributed by atoms with E-state index < -0.39 is 0 Å². The van der Waals surface area contributed by atoms with Crippen LogP contribution in [0.25, 0.3) is 0 Å². The summed E-state index contributed by atoms with van der Waals surface area (Å²) < 4.78 is 11.2. The highest BCUT2D eigenvalue weighted by Gasteiger charge is 2.31. The van der Waals surface area contributed by atoms with Crippen LogP contribution in [0.3, 0.4) is 0 Å². The molecule has 0 bridgehead atoms. The van der Waals surface area contributed by atoms with Crippen LogP contribution in [0, 0.1) is 11.8 Å². The van der Waals surface area contributed by atoms with Crippen LogP contribution in [-0.2, 0) is 14.3 Å². The van der Waals surface area contributed by atoms with Crippen molar-refractivity contribution in [3.8, 4) is 0 Å². The second-order valence-electron chi connectivity index (χ2n) is 5.73. The maximum absolute atomic E-state index is 12.0. The van der Waals surface area contributed by atoms with E-state index in [1.807, 2.05) is 0 Å². The van der Waals surface area contributed by atoms with E-state index in [4.69, 9.17) is 9.47 Å². The van der Waals surface area contributed by atoms with Gasteiger partial charge in [0.1, 0.15) is 6.10 Å². The van der Waals surface area contributed by atoms with Gasteiger partial charge in [-0.1, -0.05) is 13.8 Å². The Bertz CT molecular complexity index is 274. The van der Waals surface area contributed by atoms with Crippen molar-refractivity contribution in [2.75, 3.05) is 19.8 Å². The second-order valence-corrected chi connectivity index (χ2v) is 5.73. The highest BCUT2D eigenvalue weighted by Crippen LogP contribution is 2.26. The molecule has 0 aromatic heterocycles. The Morgan fingerprint density at radius 3 is 2.72 bits per heavy atom. The highest BCUT2D eigenvalue weighted by atomic mass is 16.5. The maximum atomic E-state index is 12.0. The van der Waals surface area contributed by atoms with E-state index in [0.717, 1.165) is 45.4 Å². The summed E-state index contributed by atoms with van der Waals surface area (Å²) in [6.45, 7) is 6.62. The first-order valence-electron chi connectivity index (χ1n) is 7.19. The minimum atomic E-state index is -0.224. The predicted octanol–water partition coefficient (Wildman–Crippen LogP) is 1.73. The molecule has 2 aliphatic heterocycles. The lowest BCUT2D eigenvalue weighted by Gasteiger charge is -2.25. The van der Waals surface area contributed by atoms with Crippen molar-refractivity contribution in [1.82, 2.24) is 5.32 Å². The molecule has 0 aromatic rings. The number of hydrogen-bond donors (Lipinski definition) is 1. The van der Waals surface area contributed by atoms with Gasteiger partial charge in [0.05, 0.1) is 6.10 Å². The van der Waals surface area contributed by atoms with Gasteiger partial charge in [0.2, 0.25) is 5.91 Å². The van der Waals surface area contributed by atoms with Crippen LogP contribution < -0.4 is 5.32 Å². The van der Waals surface area contributed by atoms with E-state index in [9.17, 15) is 4.79 Å². The van der Waals surface area contributed by atoms with E-state index in [2.05, 4.69) is 19.2 Å². The van der Waals surface area contributed by atoms with Crippen LogP contribution in [-0.4, -0.2) is 37.9 Å². The molecule has 2 heterocycles. The van der Waals surface area contributed by atoms with Gasteiger partial charge < -0.3 is 14.8 Å². The standard InChI is InChI=1S/C14H25NO3/c1-10(2)13-11(6-8-18-13)9-15-14(16)12-5-3-4-7-17-12/h10-13H,3-9H2,1-2H3,(H,15,16)/t11-,12-,13-/m1/s1. The molecule has 0 radical (unpaired) electrons. The molecule has 1 N–H and O–H groups in total. The van der Waals surface area contributed by atoms with Crippen LogP contribution in [0.1, 0.15) is 39.5 Å². The van der Waals surface area contributed by atoms with E-state index >= 15 is 0 Å². The Kier molecular flexibility index (Phi) is 5.01. The zero-order valence-electron chi connectivity index (χ0n) is 11.5. The van der Waals surface area contributed by atoms with Crippen molar-refractivity contribution in [3.05, 3.63) is 0 Å². The average molecular weight is 255 g/mol. The molecule has 0 aromatic carbocycles. The predicted molar refractivity (Wildman–Crippen MR) is 69.3 cm³/mol. The van der Waals surface area contributed by atoms with Gasteiger partial charge in [0.15, 0.2) is 0 Å². The van der Waals surface area contributed by atoms with Gasteiger partial charge in [-0.3, -0.25) is 4.79 Å². The lowest BCUT2D eigenvalue weighted by molar-refractivity contribution is -0.135.